The van der Waals surface area contributed by atoms with E-state index in [-0.39, 0.29) is 11.5 Å². The minimum Gasteiger partial charge on any atom is -0.395 e. The van der Waals surface area contributed by atoms with Crippen molar-refractivity contribution in [3.05, 3.63) is 24.3 Å². The monoisotopic (exact) mass is 272 g/mol. The highest BCUT2D eigenvalue weighted by Gasteiger charge is 2.17. The molecule has 0 unspecified atom stereocenters. The van der Waals surface area contributed by atoms with Gasteiger partial charge in [0, 0.05) is 13.1 Å². The summed E-state index contributed by atoms with van der Waals surface area (Å²) < 4.78 is 23.0. The number of sulfonamides is 1. The van der Waals surface area contributed by atoms with Crippen LogP contribution in [0.3, 0.4) is 0 Å². The van der Waals surface area contributed by atoms with Gasteiger partial charge >= 0.3 is 0 Å². The SMILES string of the molecule is CCCCN(CCO)c1ccccc1S(N)(=O)=O. The van der Waals surface area contributed by atoms with E-state index in [1.54, 1.807) is 18.2 Å². The first kappa shape index (κ1) is 14.9. The van der Waals surface area contributed by atoms with E-state index in [1.807, 2.05) is 4.90 Å². The Morgan fingerprint density at radius 1 is 1.28 bits per heavy atom. The molecule has 0 aromatic heterocycles. The van der Waals surface area contributed by atoms with Crippen molar-refractivity contribution in [2.45, 2.75) is 24.7 Å². The van der Waals surface area contributed by atoms with Crippen molar-refractivity contribution in [1.82, 2.24) is 0 Å². The lowest BCUT2D eigenvalue weighted by Gasteiger charge is -2.25. The summed E-state index contributed by atoms with van der Waals surface area (Å²) >= 11 is 0. The van der Waals surface area contributed by atoms with Crippen LogP contribution in [0.15, 0.2) is 29.2 Å². The zero-order valence-electron chi connectivity index (χ0n) is 10.5. The molecular weight excluding hydrogens is 252 g/mol. The van der Waals surface area contributed by atoms with Crippen molar-refractivity contribution < 1.29 is 13.5 Å². The predicted octanol–water partition coefficient (Wildman–Crippen LogP) is 0.933. The molecular formula is C12H20N2O3S. The maximum atomic E-state index is 11.5. The quantitative estimate of drug-likeness (QED) is 0.773. The van der Waals surface area contributed by atoms with Crippen LogP contribution in [0, 0.1) is 0 Å². The van der Waals surface area contributed by atoms with Crippen LogP contribution in [-0.2, 0) is 10.0 Å². The molecule has 6 heteroatoms. The molecule has 0 aliphatic rings. The summed E-state index contributed by atoms with van der Waals surface area (Å²) in [5.41, 5.74) is 0.558. The topological polar surface area (TPSA) is 83.6 Å². The molecule has 1 rings (SSSR count). The largest absolute Gasteiger partial charge is 0.395 e. The van der Waals surface area contributed by atoms with E-state index in [1.165, 1.54) is 6.07 Å². The van der Waals surface area contributed by atoms with Crippen molar-refractivity contribution in [3.63, 3.8) is 0 Å². The van der Waals surface area contributed by atoms with Gasteiger partial charge in [0.15, 0.2) is 0 Å². The normalized spacial score (nSPS) is 11.5. The van der Waals surface area contributed by atoms with E-state index in [2.05, 4.69) is 6.92 Å². The van der Waals surface area contributed by atoms with Crippen LogP contribution in [0.4, 0.5) is 5.69 Å². The molecule has 0 aliphatic heterocycles. The fourth-order valence-corrected chi connectivity index (χ4v) is 2.54. The number of unbranched alkanes of at least 4 members (excludes halogenated alkanes) is 1. The van der Waals surface area contributed by atoms with Gasteiger partial charge in [0.05, 0.1) is 12.3 Å². The highest BCUT2D eigenvalue weighted by Crippen LogP contribution is 2.24. The summed E-state index contributed by atoms with van der Waals surface area (Å²) in [5, 5.41) is 14.3. The van der Waals surface area contributed by atoms with Crippen LogP contribution in [0.2, 0.25) is 0 Å². The molecule has 0 atom stereocenters. The Morgan fingerprint density at radius 2 is 1.94 bits per heavy atom. The second-order valence-corrected chi connectivity index (χ2v) is 5.61. The number of hydrogen-bond acceptors (Lipinski definition) is 4. The molecule has 0 heterocycles. The summed E-state index contributed by atoms with van der Waals surface area (Å²) in [6, 6.07) is 6.60. The zero-order valence-corrected chi connectivity index (χ0v) is 11.4. The van der Waals surface area contributed by atoms with Crippen LogP contribution in [0.25, 0.3) is 0 Å². The summed E-state index contributed by atoms with van der Waals surface area (Å²) in [6.45, 7) is 3.13. The van der Waals surface area contributed by atoms with E-state index in [9.17, 15) is 8.42 Å². The number of para-hydroxylation sites is 1. The molecule has 0 amide bonds. The predicted molar refractivity (Wildman–Crippen MR) is 72.0 cm³/mol. The van der Waals surface area contributed by atoms with Gasteiger partial charge in [0.1, 0.15) is 4.90 Å². The molecule has 18 heavy (non-hydrogen) atoms. The van der Waals surface area contributed by atoms with Crippen LogP contribution < -0.4 is 10.0 Å². The molecule has 1 aromatic rings. The van der Waals surface area contributed by atoms with Gasteiger partial charge in [-0.25, -0.2) is 13.6 Å². The second kappa shape index (κ2) is 6.72. The van der Waals surface area contributed by atoms with Crippen molar-refractivity contribution in [1.29, 1.82) is 0 Å². The Balaban J connectivity index is 3.11. The number of nitrogens with zero attached hydrogens (tertiary/aromatic N) is 1. The number of rotatable bonds is 7. The van der Waals surface area contributed by atoms with E-state index < -0.39 is 10.0 Å². The third kappa shape index (κ3) is 3.97. The van der Waals surface area contributed by atoms with Crippen molar-refractivity contribution in [2.75, 3.05) is 24.6 Å². The standard InChI is InChI=1S/C12H20N2O3S/c1-2-3-8-14(9-10-15)11-6-4-5-7-12(11)18(13,16)17/h4-7,15H,2-3,8-10H2,1H3,(H2,13,16,17). The van der Waals surface area contributed by atoms with Crippen LogP contribution >= 0.6 is 0 Å². The first-order valence-corrected chi connectivity index (χ1v) is 7.53. The van der Waals surface area contributed by atoms with Gasteiger partial charge in [-0.05, 0) is 18.6 Å². The summed E-state index contributed by atoms with van der Waals surface area (Å²) in [5.74, 6) is 0. The fraction of sp³-hybridized carbons (Fsp3) is 0.500. The van der Waals surface area contributed by atoms with E-state index in [0.29, 0.717) is 18.8 Å². The van der Waals surface area contributed by atoms with Crippen LogP contribution in [-0.4, -0.2) is 33.2 Å². The average molecular weight is 272 g/mol. The third-order valence-electron chi connectivity index (χ3n) is 2.66. The van der Waals surface area contributed by atoms with Crippen molar-refractivity contribution in [3.8, 4) is 0 Å². The second-order valence-electron chi connectivity index (χ2n) is 4.08. The third-order valence-corrected chi connectivity index (χ3v) is 3.62. The Hall–Kier alpha value is -1.11. The number of anilines is 1. The molecule has 0 aliphatic carbocycles. The Kier molecular flexibility index (Phi) is 5.58. The number of hydrogen-bond donors (Lipinski definition) is 2. The highest BCUT2D eigenvalue weighted by molar-refractivity contribution is 7.89. The number of aliphatic hydroxyl groups excluding tert-OH is 1. The van der Waals surface area contributed by atoms with Gasteiger partial charge in [-0.1, -0.05) is 25.5 Å². The maximum absolute atomic E-state index is 11.5. The van der Waals surface area contributed by atoms with Crippen LogP contribution in [0.5, 0.6) is 0 Å². The lowest BCUT2D eigenvalue weighted by atomic mass is 10.2. The molecule has 0 bridgehead atoms. The lowest BCUT2D eigenvalue weighted by Crippen LogP contribution is -2.30. The number of primary sulfonamides is 1. The van der Waals surface area contributed by atoms with Gasteiger partial charge in [-0.3, -0.25) is 0 Å². The van der Waals surface area contributed by atoms with Gasteiger partial charge < -0.3 is 10.0 Å². The molecule has 0 saturated heterocycles. The van der Waals surface area contributed by atoms with Gasteiger partial charge in [-0.15, -0.1) is 0 Å². The Morgan fingerprint density at radius 3 is 2.50 bits per heavy atom. The summed E-state index contributed by atoms with van der Waals surface area (Å²) in [6.07, 6.45) is 1.93. The Labute approximate surface area is 108 Å². The van der Waals surface area contributed by atoms with Crippen LogP contribution in [0.1, 0.15) is 19.8 Å². The zero-order chi connectivity index (χ0) is 13.6. The maximum Gasteiger partial charge on any atom is 0.240 e. The first-order chi connectivity index (χ1) is 8.50. The van der Waals surface area contributed by atoms with E-state index in [0.717, 1.165) is 12.8 Å². The van der Waals surface area contributed by atoms with Crippen molar-refractivity contribution in [2.24, 2.45) is 5.14 Å². The molecule has 5 nitrogen and oxygen atoms in total. The highest BCUT2D eigenvalue weighted by atomic mass is 32.2. The smallest absolute Gasteiger partial charge is 0.240 e. The van der Waals surface area contributed by atoms with Crippen molar-refractivity contribution >= 4 is 15.7 Å². The minimum absolute atomic E-state index is 0.0251. The van der Waals surface area contributed by atoms with E-state index >= 15 is 0 Å². The Bertz CT molecular complexity index is 474. The molecule has 0 fully saturated rings. The van der Waals surface area contributed by atoms with Gasteiger partial charge in [0.2, 0.25) is 10.0 Å². The molecule has 0 spiro atoms. The molecule has 0 saturated carbocycles. The summed E-state index contributed by atoms with van der Waals surface area (Å²) in [7, 11) is -3.75. The number of benzene rings is 1. The van der Waals surface area contributed by atoms with Gasteiger partial charge in [-0.2, -0.15) is 0 Å². The fourth-order valence-electron chi connectivity index (χ4n) is 1.78. The molecule has 102 valence electrons. The average Bonchev–Trinajstić information content (AvgIpc) is 2.33. The first-order valence-electron chi connectivity index (χ1n) is 5.98. The molecule has 1 aromatic carbocycles. The minimum atomic E-state index is -3.75. The molecule has 0 radical (unpaired) electrons. The number of nitrogens with two attached hydrogens (primary N) is 1. The van der Waals surface area contributed by atoms with Gasteiger partial charge in [0.25, 0.3) is 0 Å². The number of aliphatic hydroxyl groups is 1. The summed E-state index contributed by atoms with van der Waals surface area (Å²) in [4.78, 5) is 1.96. The van der Waals surface area contributed by atoms with E-state index in [4.69, 9.17) is 10.2 Å². The lowest BCUT2D eigenvalue weighted by molar-refractivity contribution is 0.301. The molecule has 3 N–H and O–H groups in total.